The van der Waals surface area contributed by atoms with Gasteiger partial charge in [-0.3, -0.25) is 14.7 Å². The van der Waals surface area contributed by atoms with Crippen molar-refractivity contribution in [3.05, 3.63) is 46.2 Å². The number of amides is 2. The number of hydrogen-bond donors (Lipinski definition) is 3. The van der Waals surface area contributed by atoms with E-state index >= 15 is 0 Å². The summed E-state index contributed by atoms with van der Waals surface area (Å²) in [6, 6.07) is 6.93. The molecule has 24 heavy (non-hydrogen) atoms. The fraction of sp³-hybridized carbons (Fsp3) is 0.353. The Labute approximate surface area is 146 Å². The van der Waals surface area contributed by atoms with Crippen molar-refractivity contribution < 1.29 is 9.59 Å². The van der Waals surface area contributed by atoms with Gasteiger partial charge in [0, 0.05) is 34.9 Å². The Morgan fingerprint density at radius 2 is 1.88 bits per heavy atom. The van der Waals surface area contributed by atoms with Gasteiger partial charge in [-0.1, -0.05) is 11.6 Å². The molecule has 1 aromatic carbocycles. The molecule has 0 saturated carbocycles. The molecule has 0 aliphatic heterocycles. The second-order valence-electron chi connectivity index (χ2n) is 5.60. The van der Waals surface area contributed by atoms with Crippen LogP contribution in [-0.4, -0.2) is 28.6 Å². The number of anilines is 1. The highest BCUT2D eigenvalue weighted by Gasteiger charge is 2.11. The van der Waals surface area contributed by atoms with Crippen molar-refractivity contribution in [1.82, 2.24) is 15.5 Å². The van der Waals surface area contributed by atoms with Gasteiger partial charge in [0.25, 0.3) is 0 Å². The molecule has 2 amide bonds. The summed E-state index contributed by atoms with van der Waals surface area (Å²) in [6.45, 7) is 4.22. The van der Waals surface area contributed by atoms with Crippen LogP contribution in [0.15, 0.2) is 24.3 Å². The summed E-state index contributed by atoms with van der Waals surface area (Å²) in [5, 5.41) is 13.2. The van der Waals surface area contributed by atoms with Crippen LogP contribution in [0.2, 0.25) is 5.02 Å². The molecule has 0 fully saturated rings. The molecule has 0 aliphatic carbocycles. The molecule has 2 aromatic rings. The van der Waals surface area contributed by atoms with Crippen molar-refractivity contribution in [2.45, 2.75) is 33.1 Å². The predicted octanol–water partition coefficient (Wildman–Crippen LogP) is 2.76. The minimum Gasteiger partial charge on any atom is -0.356 e. The lowest BCUT2D eigenvalue weighted by Crippen LogP contribution is -2.27. The minimum absolute atomic E-state index is 0.0688. The van der Waals surface area contributed by atoms with Crippen LogP contribution in [0.25, 0.3) is 0 Å². The number of rotatable bonds is 7. The van der Waals surface area contributed by atoms with Crippen molar-refractivity contribution in [3.8, 4) is 0 Å². The second-order valence-corrected chi connectivity index (χ2v) is 6.03. The van der Waals surface area contributed by atoms with E-state index in [2.05, 4.69) is 20.8 Å². The molecule has 128 valence electrons. The first-order valence-electron chi connectivity index (χ1n) is 7.78. The van der Waals surface area contributed by atoms with Crippen LogP contribution >= 0.6 is 11.6 Å². The smallest absolute Gasteiger partial charge is 0.224 e. The summed E-state index contributed by atoms with van der Waals surface area (Å²) in [7, 11) is 0. The van der Waals surface area contributed by atoms with Gasteiger partial charge in [0.15, 0.2) is 0 Å². The van der Waals surface area contributed by atoms with E-state index in [1.54, 1.807) is 24.3 Å². The Morgan fingerprint density at radius 1 is 1.17 bits per heavy atom. The number of carbonyl (C=O) groups excluding carboxylic acids is 2. The van der Waals surface area contributed by atoms with Crippen molar-refractivity contribution >= 4 is 29.1 Å². The Bertz CT molecular complexity index is 690. The third kappa shape index (κ3) is 5.38. The van der Waals surface area contributed by atoms with E-state index in [1.165, 1.54) is 0 Å². The van der Waals surface area contributed by atoms with E-state index < -0.39 is 0 Å². The van der Waals surface area contributed by atoms with Crippen LogP contribution in [0.5, 0.6) is 0 Å². The van der Waals surface area contributed by atoms with Gasteiger partial charge in [-0.2, -0.15) is 5.10 Å². The number of carbonyl (C=O) groups is 2. The van der Waals surface area contributed by atoms with E-state index in [0.29, 0.717) is 36.5 Å². The number of nitrogens with one attached hydrogen (secondary N) is 3. The highest BCUT2D eigenvalue weighted by Crippen LogP contribution is 2.13. The number of aromatic nitrogens is 2. The van der Waals surface area contributed by atoms with Gasteiger partial charge in [-0.05, 0) is 44.5 Å². The van der Waals surface area contributed by atoms with Crippen molar-refractivity contribution in [3.63, 3.8) is 0 Å². The number of halogens is 1. The van der Waals surface area contributed by atoms with Crippen LogP contribution in [0.1, 0.15) is 29.8 Å². The monoisotopic (exact) mass is 348 g/mol. The molecule has 1 aromatic heterocycles. The highest BCUT2D eigenvalue weighted by atomic mass is 35.5. The van der Waals surface area contributed by atoms with Crippen LogP contribution in [0.3, 0.4) is 0 Å². The lowest BCUT2D eigenvalue weighted by molar-refractivity contribution is -0.121. The molecular weight excluding hydrogens is 328 g/mol. The zero-order valence-corrected chi connectivity index (χ0v) is 14.5. The molecule has 0 spiro atoms. The van der Waals surface area contributed by atoms with Gasteiger partial charge >= 0.3 is 0 Å². The molecule has 2 rings (SSSR count). The summed E-state index contributed by atoms with van der Waals surface area (Å²) in [5.41, 5.74) is 3.38. The van der Waals surface area contributed by atoms with E-state index in [0.717, 1.165) is 17.0 Å². The standard InChI is InChI=1S/C17H21ClN4O2/c1-11-15(12(2)22-21-11)10-17(24)19-9-3-4-16(23)20-14-7-5-13(18)6-8-14/h5-8H,3-4,9-10H2,1-2H3,(H,19,24)(H,20,23)(H,21,22). The van der Waals surface area contributed by atoms with Crippen LogP contribution < -0.4 is 10.6 Å². The molecule has 0 atom stereocenters. The third-order valence-electron chi connectivity index (χ3n) is 3.65. The number of hydrogen-bond acceptors (Lipinski definition) is 3. The van der Waals surface area contributed by atoms with Crippen molar-refractivity contribution in [2.75, 3.05) is 11.9 Å². The summed E-state index contributed by atoms with van der Waals surface area (Å²) in [4.78, 5) is 23.7. The summed E-state index contributed by atoms with van der Waals surface area (Å²) in [5.74, 6) is -0.159. The molecule has 7 heteroatoms. The third-order valence-corrected chi connectivity index (χ3v) is 3.90. The lowest BCUT2D eigenvalue weighted by atomic mass is 10.1. The number of aromatic amines is 1. The second kappa shape index (κ2) is 8.49. The van der Waals surface area contributed by atoms with E-state index in [9.17, 15) is 9.59 Å². The number of H-pyrrole nitrogens is 1. The highest BCUT2D eigenvalue weighted by molar-refractivity contribution is 6.30. The molecule has 0 saturated heterocycles. The van der Waals surface area contributed by atoms with Gasteiger partial charge < -0.3 is 10.6 Å². The first-order chi connectivity index (χ1) is 11.5. The first-order valence-corrected chi connectivity index (χ1v) is 8.16. The number of aryl methyl sites for hydroxylation is 2. The molecule has 0 bridgehead atoms. The number of nitrogens with zero attached hydrogens (tertiary/aromatic N) is 1. The summed E-state index contributed by atoms with van der Waals surface area (Å²) >= 11 is 5.79. The maximum atomic E-state index is 11.9. The Morgan fingerprint density at radius 3 is 2.50 bits per heavy atom. The van der Waals surface area contributed by atoms with Crippen molar-refractivity contribution in [1.29, 1.82) is 0 Å². The largest absolute Gasteiger partial charge is 0.356 e. The van der Waals surface area contributed by atoms with E-state index in [-0.39, 0.29) is 11.8 Å². The topological polar surface area (TPSA) is 86.9 Å². The Hall–Kier alpha value is -2.34. The van der Waals surface area contributed by atoms with Gasteiger partial charge in [-0.25, -0.2) is 0 Å². The molecule has 3 N–H and O–H groups in total. The Balaban J connectivity index is 1.66. The van der Waals surface area contributed by atoms with Gasteiger partial charge in [0.2, 0.25) is 11.8 Å². The average Bonchev–Trinajstić information content (AvgIpc) is 2.86. The Kier molecular flexibility index (Phi) is 6.37. The average molecular weight is 349 g/mol. The molecule has 6 nitrogen and oxygen atoms in total. The summed E-state index contributed by atoms with van der Waals surface area (Å²) in [6.07, 6.45) is 1.21. The SMILES string of the molecule is Cc1n[nH]c(C)c1CC(=O)NCCCC(=O)Nc1ccc(Cl)cc1. The van der Waals surface area contributed by atoms with Gasteiger partial charge in [0.05, 0.1) is 12.1 Å². The lowest BCUT2D eigenvalue weighted by Gasteiger charge is -2.07. The van der Waals surface area contributed by atoms with Gasteiger partial charge in [-0.15, -0.1) is 0 Å². The normalized spacial score (nSPS) is 10.5. The zero-order chi connectivity index (χ0) is 17.5. The predicted molar refractivity (Wildman–Crippen MR) is 94.1 cm³/mol. The summed E-state index contributed by atoms with van der Waals surface area (Å²) < 4.78 is 0. The molecular formula is C17H21ClN4O2. The molecule has 0 aliphatic rings. The number of benzene rings is 1. The first kappa shape index (κ1) is 18.0. The minimum atomic E-state index is -0.0897. The van der Waals surface area contributed by atoms with E-state index in [4.69, 9.17) is 11.6 Å². The van der Waals surface area contributed by atoms with Crippen LogP contribution in [0.4, 0.5) is 5.69 Å². The van der Waals surface area contributed by atoms with Gasteiger partial charge in [0.1, 0.15) is 0 Å². The maximum absolute atomic E-state index is 11.9. The zero-order valence-electron chi connectivity index (χ0n) is 13.8. The maximum Gasteiger partial charge on any atom is 0.224 e. The molecule has 0 unspecified atom stereocenters. The molecule has 0 radical (unpaired) electrons. The van der Waals surface area contributed by atoms with Crippen LogP contribution in [-0.2, 0) is 16.0 Å². The van der Waals surface area contributed by atoms with Crippen LogP contribution in [0, 0.1) is 13.8 Å². The molecule has 1 heterocycles. The fourth-order valence-electron chi connectivity index (χ4n) is 2.29. The van der Waals surface area contributed by atoms with E-state index in [1.807, 2.05) is 13.8 Å². The van der Waals surface area contributed by atoms with Crippen molar-refractivity contribution in [2.24, 2.45) is 0 Å². The fourth-order valence-corrected chi connectivity index (χ4v) is 2.42. The quantitative estimate of drug-likeness (QED) is 0.672.